The van der Waals surface area contributed by atoms with Crippen LogP contribution in [-0.4, -0.2) is 27.9 Å². The zero-order valence-electron chi connectivity index (χ0n) is 10.5. The van der Waals surface area contributed by atoms with Crippen molar-refractivity contribution >= 4 is 5.91 Å². The van der Waals surface area contributed by atoms with Gasteiger partial charge in [0.25, 0.3) is 5.91 Å². The molecular formula is C13H15N3O3. The molecule has 0 aliphatic heterocycles. The number of carbonyl (C=O) groups excluding carboxylic acids is 1. The molecule has 1 heterocycles. The molecule has 0 aliphatic rings. The lowest BCUT2D eigenvalue weighted by molar-refractivity contribution is 0.0919. The number of aromatic nitrogens is 2. The maximum atomic E-state index is 12.0. The molecule has 1 aromatic heterocycles. The predicted molar refractivity (Wildman–Crippen MR) is 67.4 cm³/mol. The van der Waals surface area contributed by atoms with Gasteiger partial charge in [0.1, 0.15) is 5.69 Å². The summed E-state index contributed by atoms with van der Waals surface area (Å²) in [6, 6.07) is 9.19. The number of amides is 1. The van der Waals surface area contributed by atoms with E-state index in [4.69, 9.17) is 5.11 Å². The molecule has 19 heavy (non-hydrogen) atoms. The Labute approximate surface area is 110 Å². The van der Waals surface area contributed by atoms with Crippen LogP contribution in [0.25, 0.3) is 0 Å². The van der Waals surface area contributed by atoms with Crippen molar-refractivity contribution in [3.8, 4) is 0 Å². The molecule has 1 amide bonds. The number of hydrogen-bond donors (Lipinski definition) is 2. The second-order valence-electron chi connectivity index (χ2n) is 4.15. The average Bonchev–Trinajstić information content (AvgIpc) is 2.85. The van der Waals surface area contributed by atoms with E-state index in [9.17, 15) is 4.79 Å². The van der Waals surface area contributed by atoms with Crippen molar-refractivity contribution in [1.82, 2.24) is 15.6 Å². The molecule has 1 aromatic carbocycles. The lowest BCUT2D eigenvalue weighted by Crippen LogP contribution is -2.30. The molecule has 0 bridgehead atoms. The van der Waals surface area contributed by atoms with Gasteiger partial charge in [-0.3, -0.25) is 4.79 Å². The zero-order chi connectivity index (χ0) is 13.7. The van der Waals surface area contributed by atoms with Crippen LogP contribution in [0.15, 0.2) is 35.0 Å². The number of benzene rings is 1. The smallest absolute Gasteiger partial charge is 0.275 e. The van der Waals surface area contributed by atoms with Crippen LogP contribution in [0.3, 0.4) is 0 Å². The second kappa shape index (κ2) is 6.10. The Morgan fingerprint density at radius 2 is 2.11 bits per heavy atom. The van der Waals surface area contributed by atoms with Crippen molar-refractivity contribution in [2.75, 3.05) is 6.61 Å². The van der Waals surface area contributed by atoms with E-state index in [1.807, 2.05) is 30.3 Å². The Morgan fingerprint density at radius 1 is 1.37 bits per heavy atom. The number of nitrogens with one attached hydrogen (secondary N) is 1. The normalized spacial score (nSPS) is 12.1. The van der Waals surface area contributed by atoms with E-state index in [-0.39, 0.29) is 24.2 Å². The highest BCUT2D eigenvalue weighted by molar-refractivity contribution is 5.93. The van der Waals surface area contributed by atoms with Crippen LogP contribution in [0.4, 0.5) is 0 Å². The average molecular weight is 261 g/mol. The molecule has 0 fully saturated rings. The first-order valence-corrected chi connectivity index (χ1v) is 5.98. The van der Waals surface area contributed by atoms with Crippen LogP contribution in [-0.2, 0) is 0 Å². The van der Waals surface area contributed by atoms with Crippen molar-refractivity contribution in [2.24, 2.45) is 0 Å². The van der Waals surface area contributed by atoms with Crippen LogP contribution in [0.5, 0.6) is 0 Å². The fraction of sp³-hybridized carbons (Fsp3) is 0.308. The van der Waals surface area contributed by atoms with E-state index in [2.05, 4.69) is 20.3 Å². The maximum Gasteiger partial charge on any atom is 0.275 e. The Kier molecular flexibility index (Phi) is 4.25. The van der Waals surface area contributed by atoms with Crippen molar-refractivity contribution in [2.45, 2.75) is 19.4 Å². The molecular weight excluding hydrogens is 246 g/mol. The number of carbonyl (C=O) groups is 1. The van der Waals surface area contributed by atoms with Crippen molar-refractivity contribution < 1.29 is 14.5 Å². The molecule has 100 valence electrons. The summed E-state index contributed by atoms with van der Waals surface area (Å²) in [6.07, 6.45) is 0.431. The Balaban J connectivity index is 2.14. The first kappa shape index (κ1) is 13.2. The second-order valence-corrected chi connectivity index (χ2v) is 4.15. The highest BCUT2D eigenvalue weighted by atomic mass is 16.6. The van der Waals surface area contributed by atoms with Gasteiger partial charge in [-0.15, -0.1) is 0 Å². The lowest BCUT2D eigenvalue weighted by atomic mass is 10.0. The van der Waals surface area contributed by atoms with E-state index in [0.717, 1.165) is 5.56 Å². The molecule has 6 heteroatoms. The summed E-state index contributed by atoms with van der Waals surface area (Å²) in [5, 5.41) is 19.0. The first-order chi connectivity index (χ1) is 9.22. The summed E-state index contributed by atoms with van der Waals surface area (Å²) in [7, 11) is 0. The molecule has 0 aliphatic carbocycles. The van der Waals surface area contributed by atoms with E-state index < -0.39 is 0 Å². The zero-order valence-corrected chi connectivity index (χ0v) is 10.5. The minimum atomic E-state index is -0.360. The van der Waals surface area contributed by atoms with Crippen molar-refractivity contribution in [1.29, 1.82) is 0 Å². The fourth-order valence-electron chi connectivity index (χ4n) is 1.80. The third-order valence-corrected chi connectivity index (χ3v) is 2.79. The molecule has 2 N–H and O–H groups in total. The number of aryl methyl sites for hydroxylation is 1. The summed E-state index contributed by atoms with van der Waals surface area (Å²) in [5.74, 6) is -0.360. The van der Waals surface area contributed by atoms with E-state index in [1.165, 1.54) is 0 Å². The molecule has 6 nitrogen and oxygen atoms in total. The van der Waals surface area contributed by atoms with Gasteiger partial charge in [-0.05, 0) is 24.1 Å². The standard InChI is InChI=1S/C13H15N3O3/c1-9-12(16-19-15-9)13(18)14-11(7-8-17)10-5-3-2-4-6-10/h2-6,11,17H,7-8H2,1H3,(H,14,18). The van der Waals surface area contributed by atoms with E-state index >= 15 is 0 Å². The van der Waals surface area contributed by atoms with Crippen LogP contribution in [0, 0.1) is 6.92 Å². The Bertz CT molecular complexity index is 539. The summed E-state index contributed by atoms with van der Waals surface area (Å²) >= 11 is 0. The van der Waals surface area contributed by atoms with Gasteiger partial charge in [-0.25, -0.2) is 4.63 Å². The third-order valence-electron chi connectivity index (χ3n) is 2.79. The highest BCUT2D eigenvalue weighted by Crippen LogP contribution is 2.17. The molecule has 1 unspecified atom stereocenters. The predicted octanol–water partition coefficient (Wildman–Crippen LogP) is 1.23. The van der Waals surface area contributed by atoms with Gasteiger partial charge in [0, 0.05) is 6.61 Å². The van der Waals surface area contributed by atoms with Gasteiger partial charge in [-0.2, -0.15) is 0 Å². The monoisotopic (exact) mass is 261 g/mol. The van der Waals surface area contributed by atoms with Crippen LogP contribution < -0.4 is 5.32 Å². The minimum Gasteiger partial charge on any atom is -0.396 e. The van der Waals surface area contributed by atoms with Gasteiger partial charge in [0.05, 0.1) is 6.04 Å². The first-order valence-electron chi connectivity index (χ1n) is 5.98. The summed E-state index contributed by atoms with van der Waals surface area (Å²) in [4.78, 5) is 12.0. The molecule has 0 spiro atoms. The van der Waals surface area contributed by atoms with Crippen molar-refractivity contribution in [3.05, 3.63) is 47.3 Å². The number of aliphatic hydroxyl groups excluding tert-OH is 1. The number of aliphatic hydroxyl groups is 1. The molecule has 0 saturated carbocycles. The third kappa shape index (κ3) is 3.17. The van der Waals surface area contributed by atoms with Crippen LogP contribution in [0.1, 0.15) is 34.2 Å². The number of hydrogen-bond acceptors (Lipinski definition) is 5. The van der Waals surface area contributed by atoms with E-state index in [1.54, 1.807) is 6.92 Å². The largest absolute Gasteiger partial charge is 0.396 e. The molecule has 2 aromatic rings. The minimum absolute atomic E-state index is 0.0180. The van der Waals surface area contributed by atoms with Gasteiger partial charge < -0.3 is 10.4 Å². The summed E-state index contributed by atoms with van der Waals surface area (Å²) in [5.41, 5.74) is 1.53. The van der Waals surface area contributed by atoms with Crippen molar-refractivity contribution in [3.63, 3.8) is 0 Å². The quantitative estimate of drug-likeness (QED) is 0.845. The van der Waals surface area contributed by atoms with Gasteiger partial charge >= 0.3 is 0 Å². The van der Waals surface area contributed by atoms with Gasteiger partial charge in [0.15, 0.2) is 5.69 Å². The van der Waals surface area contributed by atoms with Crippen LogP contribution in [0.2, 0.25) is 0 Å². The van der Waals surface area contributed by atoms with Gasteiger partial charge in [-0.1, -0.05) is 35.5 Å². The molecule has 0 saturated heterocycles. The number of nitrogens with zero attached hydrogens (tertiary/aromatic N) is 2. The van der Waals surface area contributed by atoms with E-state index in [0.29, 0.717) is 12.1 Å². The topological polar surface area (TPSA) is 88.2 Å². The Hall–Kier alpha value is -2.21. The van der Waals surface area contributed by atoms with Crippen LogP contribution >= 0.6 is 0 Å². The summed E-state index contributed by atoms with van der Waals surface area (Å²) < 4.78 is 4.50. The molecule has 1 atom stereocenters. The number of rotatable bonds is 5. The SMILES string of the molecule is Cc1nonc1C(=O)NC(CCO)c1ccccc1. The fourth-order valence-corrected chi connectivity index (χ4v) is 1.80. The summed E-state index contributed by atoms with van der Waals surface area (Å²) in [6.45, 7) is 1.63. The Morgan fingerprint density at radius 3 is 2.68 bits per heavy atom. The van der Waals surface area contributed by atoms with Gasteiger partial charge in [0.2, 0.25) is 0 Å². The highest BCUT2D eigenvalue weighted by Gasteiger charge is 2.19. The molecule has 2 rings (SSSR count). The maximum absolute atomic E-state index is 12.0. The molecule has 0 radical (unpaired) electrons. The lowest BCUT2D eigenvalue weighted by Gasteiger charge is -2.17.